The summed E-state index contributed by atoms with van der Waals surface area (Å²) in [6.45, 7) is 3.43. The normalized spacial score (nSPS) is 23.4. The van der Waals surface area contributed by atoms with E-state index in [1.165, 1.54) is 0 Å². The van der Waals surface area contributed by atoms with Gasteiger partial charge in [-0.2, -0.15) is 0 Å². The molecule has 0 bridgehead atoms. The molecular formula is C16H29F2N3O. The van der Waals surface area contributed by atoms with Gasteiger partial charge in [-0.15, -0.1) is 0 Å². The van der Waals surface area contributed by atoms with E-state index in [0.717, 1.165) is 58.4 Å². The number of carbonyl (C=O) groups is 1. The maximum atomic E-state index is 12.4. The third-order valence-electron chi connectivity index (χ3n) is 4.84. The first-order valence-corrected chi connectivity index (χ1v) is 8.64. The minimum absolute atomic E-state index is 0.000391. The zero-order valence-electron chi connectivity index (χ0n) is 13.4. The molecule has 6 heteroatoms. The van der Waals surface area contributed by atoms with Crippen LogP contribution in [0.1, 0.15) is 38.5 Å². The lowest BCUT2D eigenvalue weighted by Crippen LogP contribution is -2.55. The summed E-state index contributed by atoms with van der Waals surface area (Å²) >= 11 is 0. The van der Waals surface area contributed by atoms with Gasteiger partial charge in [0.1, 0.15) is 0 Å². The van der Waals surface area contributed by atoms with E-state index >= 15 is 0 Å². The first-order valence-electron chi connectivity index (χ1n) is 8.64. The van der Waals surface area contributed by atoms with Gasteiger partial charge < -0.3 is 10.2 Å². The molecular weight excluding hydrogens is 288 g/mol. The fraction of sp³-hybridized carbons (Fsp3) is 0.938. The zero-order valence-corrected chi connectivity index (χ0v) is 13.4. The predicted octanol–water partition coefficient (Wildman–Crippen LogP) is 1.75. The van der Waals surface area contributed by atoms with Crippen molar-refractivity contribution in [1.29, 1.82) is 0 Å². The van der Waals surface area contributed by atoms with E-state index in [1.807, 2.05) is 4.90 Å². The van der Waals surface area contributed by atoms with Crippen LogP contribution in [0, 0.1) is 0 Å². The molecule has 0 unspecified atom stereocenters. The molecule has 0 aromatic carbocycles. The highest BCUT2D eigenvalue weighted by Crippen LogP contribution is 2.18. The lowest BCUT2D eigenvalue weighted by Gasteiger charge is -2.40. The Morgan fingerprint density at radius 1 is 1.09 bits per heavy atom. The monoisotopic (exact) mass is 317 g/mol. The SMILES string of the molecule is O=C([C@@H]1CCCN1)N1CCN(C(CCCF)CCCF)CC1. The quantitative estimate of drug-likeness (QED) is 0.741. The van der Waals surface area contributed by atoms with Crippen molar-refractivity contribution in [1.82, 2.24) is 15.1 Å². The lowest BCUT2D eigenvalue weighted by molar-refractivity contribution is -0.135. The van der Waals surface area contributed by atoms with Crippen LogP contribution in [0.15, 0.2) is 0 Å². The van der Waals surface area contributed by atoms with E-state index in [4.69, 9.17) is 0 Å². The second kappa shape index (κ2) is 9.40. The van der Waals surface area contributed by atoms with Crippen LogP contribution < -0.4 is 5.32 Å². The van der Waals surface area contributed by atoms with E-state index in [9.17, 15) is 13.6 Å². The van der Waals surface area contributed by atoms with Crippen LogP contribution in [0.2, 0.25) is 0 Å². The molecule has 1 N–H and O–H groups in total. The second-order valence-corrected chi connectivity index (χ2v) is 6.33. The van der Waals surface area contributed by atoms with Crippen LogP contribution in [-0.2, 0) is 4.79 Å². The first kappa shape index (κ1) is 17.6. The number of carbonyl (C=O) groups excluding carboxylic acids is 1. The molecule has 1 amide bonds. The molecule has 0 aliphatic carbocycles. The average molecular weight is 317 g/mol. The molecule has 2 saturated heterocycles. The van der Waals surface area contributed by atoms with Crippen molar-refractivity contribution in [3.8, 4) is 0 Å². The Labute approximate surface area is 132 Å². The molecule has 2 rings (SSSR count). The van der Waals surface area contributed by atoms with Crippen molar-refractivity contribution in [2.24, 2.45) is 0 Å². The highest BCUT2D eigenvalue weighted by atomic mass is 19.1. The van der Waals surface area contributed by atoms with Crippen molar-refractivity contribution in [2.75, 3.05) is 46.1 Å². The lowest BCUT2D eigenvalue weighted by atomic mass is 10.0. The molecule has 2 heterocycles. The predicted molar refractivity (Wildman–Crippen MR) is 83.4 cm³/mol. The molecule has 22 heavy (non-hydrogen) atoms. The molecule has 0 saturated carbocycles. The van der Waals surface area contributed by atoms with Gasteiger partial charge >= 0.3 is 0 Å². The Hall–Kier alpha value is -0.750. The van der Waals surface area contributed by atoms with E-state index in [-0.39, 0.29) is 31.3 Å². The standard InChI is InChI=1S/C16H29F2N3O/c17-7-1-4-14(5-2-8-18)20-10-12-21(13-11-20)16(22)15-6-3-9-19-15/h14-15,19H,1-13H2/t15-/m0/s1. The van der Waals surface area contributed by atoms with Crippen LogP contribution in [0.4, 0.5) is 8.78 Å². The molecule has 2 fully saturated rings. The van der Waals surface area contributed by atoms with Gasteiger partial charge in [-0.05, 0) is 45.1 Å². The summed E-state index contributed by atoms with van der Waals surface area (Å²) in [6.07, 6.45) is 4.67. The summed E-state index contributed by atoms with van der Waals surface area (Å²) in [7, 11) is 0. The highest BCUT2D eigenvalue weighted by molar-refractivity contribution is 5.82. The maximum absolute atomic E-state index is 12.4. The van der Waals surface area contributed by atoms with E-state index < -0.39 is 0 Å². The number of alkyl halides is 2. The molecule has 0 aromatic rings. The Bertz CT molecular complexity index is 321. The van der Waals surface area contributed by atoms with Gasteiger partial charge in [0.25, 0.3) is 0 Å². The smallest absolute Gasteiger partial charge is 0.239 e. The van der Waals surface area contributed by atoms with Crippen molar-refractivity contribution in [3.05, 3.63) is 0 Å². The summed E-state index contributed by atoms with van der Waals surface area (Å²) < 4.78 is 24.9. The van der Waals surface area contributed by atoms with Gasteiger partial charge in [-0.3, -0.25) is 18.5 Å². The van der Waals surface area contributed by atoms with Gasteiger partial charge in [-0.1, -0.05) is 0 Å². The number of amides is 1. The highest BCUT2D eigenvalue weighted by Gasteiger charge is 2.30. The van der Waals surface area contributed by atoms with Crippen molar-refractivity contribution < 1.29 is 13.6 Å². The minimum atomic E-state index is -0.308. The van der Waals surface area contributed by atoms with Gasteiger partial charge in [-0.25, -0.2) is 0 Å². The fourth-order valence-corrected chi connectivity index (χ4v) is 3.56. The third-order valence-corrected chi connectivity index (χ3v) is 4.84. The van der Waals surface area contributed by atoms with Crippen molar-refractivity contribution >= 4 is 5.91 Å². The topological polar surface area (TPSA) is 35.6 Å². The second-order valence-electron chi connectivity index (χ2n) is 6.33. The van der Waals surface area contributed by atoms with Crippen molar-refractivity contribution in [2.45, 2.75) is 50.6 Å². The van der Waals surface area contributed by atoms with Crippen LogP contribution in [0.25, 0.3) is 0 Å². The summed E-state index contributed by atoms with van der Waals surface area (Å²) in [5.74, 6) is 0.223. The van der Waals surface area contributed by atoms with Crippen LogP contribution in [0.3, 0.4) is 0 Å². The Morgan fingerprint density at radius 2 is 1.73 bits per heavy atom. The fourth-order valence-electron chi connectivity index (χ4n) is 3.56. The first-order chi connectivity index (χ1) is 10.8. The number of nitrogens with zero attached hydrogens (tertiary/aromatic N) is 2. The van der Waals surface area contributed by atoms with E-state index in [2.05, 4.69) is 10.2 Å². The number of nitrogens with one attached hydrogen (secondary N) is 1. The Kier molecular flexibility index (Phi) is 7.52. The number of piperazine rings is 1. The Morgan fingerprint density at radius 3 is 2.23 bits per heavy atom. The minimum Gasteiger partial charge on any atom is -0.339 e. The summed E-state index contributed by atoms with van der Waals surface area (Å²) in [5.41, 5.74) is 0. The van der Waals surface area contributed by atoms with Crippen molar-refractivity contribution in [3.63, 3.8) is 0 Å². The summed E-state index contributed by atoms with van der Waals surface area (Å²) in [5, 5.41) is 3.26. The van der Waals surface area contributed by atoms with Gasteiger partial charge in [0, 0.05) is 32.2 Å². The molecule has 0 radical (unpaired) electrons. The van der Waals surface area contributed by atoms with E-state index in [1.54, 1.807) is 0 Å². The Balaban J connectivity index is 1.79. The van der Waals surface area contributed by atoms with Crippen LogP contribution >= 0.6 is 0 Å². The molecule has 0 spiro atoms. The zero-order chi connectivity index (χ0) is 15.8. The number of halogens is 2. The molecule has 4 nitrogen and oxygen atoms in total. The summed E-state index contributed by atoms with van der Waals surface area (Å²) in [4.78, 5) is 16.6. The number of hydrogen-bond acceptors (Lipinski definition) is 3. The molecule has 2 aliphatic heterocycles. The molecule has 2 aliphatic rings. The molecule has 1 atom stereocenters. The maximum Gasteiger partial charge on any atom is 0.239 e. The number of hydrogen-bond donors (Lipinski definition) is 1. The van der Waals surface area contributed by atoms with Crippen LogP contribution in [-0.4, -0.2) is 73.9 Å². The largest absolute Gasteiger partial charge is 0.339 e. The van der Waals surface area contributed by atoms with Gasteiger partial charge in [0.2, 0.25) is 5.91 Å². The van der Waals surface area contributed by atoms with Gasteiger partial charge in [0.15, 0.2) is 0 Å². The van der Waals surface area contributed by atoms with E-state index in [0.29, 0.717) is 12.8 Å². The van der Waals surface area contributed by atoms with Gasteiger partial charge in [0.05, 0.1) is 19.4 Å². The van der Waals surface area contributed by atoms with Crippen LogP contribution in [0.5, 0.6) is 0 Å². The molecule has 0 aromatic heterocycles. The number of rotatable bonds is 8. The summed E-state index contributed by atoms with van der Waals surface area (Å²) in [6, 6.07) is 0.258. The molecule has 128 valence electrons. The third kappa shape index (κ3) is 4.88. The average Bonchev–Trinajstić information content (AvgIpc) is 3.09.